The fourth-order valence-electron chi connectivity index (χ4n) is 2.64. The molecule has 0 saturated heterocycles. The van der Waals surface area contributed by atoms with Crippen LogP contribution in [0.4, 0.5) is 0 Å². The van der Waals surface area contributed by atoms with Gasteiger partial charge in [-0.05, 0) is 18.4 Å². The van der Waals surface area contributed by atoms with E-state index in [1.165, 1.54) is 11.8 Å². The van der Waals surface area contributed by atoms with Gasteiger partial charge in [0.25, 0.3) is 0 Å². The van der Waals surface area contributed by atoms with E-state index in [9.17, 15) is 24.3 Å². The molecular formula is C23H25NO5S3. The monoisotopic (exact) mass is 491 g/mol. The van der Waals surface area contributed by atoms with Crippen molar-refractivity contribution in [3.8, 4) is 0 Å². The molecular weight excluding hydrogens is 466 g/mol. The number of carboxylic acid groups (broad SMARTS) is 1. The SMILES string of the molecule is CSCC[C@H](NC(=O)C(C)C(SC(=O)c1ccccc1)SC(=O)c1ccccc1)C(=O)O. The van der Waals surface area contributed by atoms with Gasteiger partial charge in [-0.1, -0.05) is 91.1 Å². The lowest BCUT2D eigenvalue weighted by molar-refractivity contribution is -0.142. The Labute approximate surface area is 200 Å². The van der Waals surface area contributed by atoms with Crippen molar-refractivity contribution in [2.24, 2.45) is 5.92 Å². The van der Waals surface area contributed by atoms with Gasteiger partial charge in [-0.25, -0.2) is 4.79 Å². The van der Waals surface area contributed by atoms with Crippen LogP contribution in [-0.2, 0) is 9.59 Å². The molecule has 170 valence electrons. The van der Waals surface area contributed by atoms with Crippen molar-refractivity contribution in [2.75, 3.05) is 12.0 Å². The molecule has 2 aromatic carbocycles. The maximum absolute atomic E-state index is 12.9. The number of amides is 1. The zero-order valence-electron chi connectivity index (χ0n) is 17.7. The van der Waals surface area contributed by atoms with E-state index >= 15 is 0 Å². The minimum Gasteiger partial charge on any atom is -0.480 e. The number of hydrogen-bond donors (Lipinski definition) is 2. The van der Waals surface area contributed by atoms with Gasteiger partial charge in [0.15, 0.2) is 0 Å². The summed E-state index contributed by atoms with van der Waals surface area (Å²) in [6.07, 6.45) is 2.14. The van der Waals surface area contributed by atoms with Crippen LogP contribution in [0, 0.1) is 5.92 Å². The van der Waals surface area contributed by atoms with Crippen molar-refractivity contribution in [1.82, 2.24) is 5.32 Å². The van der Waals surface area contributed by atoms with Crippen molar-refractivity contribution in [3.63, 3.8) is 0 Å². The summed E-state index contributed by atoms with van der Waals surface area (Å²) in [4.78, 5) is 49.9. The highest BCUT2D eigenvalue weighted by molar-refractivity contribution is 8.30. The highest BCUT2D eigenvalue weighted by Gasteiger charge is 2.32. The Hall–Kier alpha value is -2.23. The van der Waals surface area contributed by atoms with Crippen LogP contribution in [0.25, 0.3) is 0 Å². The second-order valence-electron chi connectivity index (χ2n) is 6.88. The first kappa shape index (κ1) is 26.0. The Morgan fingerprint density at radius 1 is 0.875 bits per heavy atom. The minimum absolute atomic E-state index is 0.263. The van der Waals surface area contributed by atoms with E-state index in [1.54, 1.807) is 67.6 Å². The van der Waals surface area contributed by atoms with E-state index in [4.69, 9.17) is 0 Å². The van der Waals surface area contributed by atoms with Crippen LogP contribution in [-0.4, -0.2) is 49.8 Å². The summed E-state index contributed by atoms with van der Waals surface area (Å²) in [5.74, 6) is -1.83. The zero-order chi connectivity index (χ0) is 23.5. The normalized spacial score (nSPS) is 12.7. The second kappa shape index (κ2) is 13.3. The van der Waals surface area contributed by atoms with Gasteiger partial charge in [0, 0.05) is 11.1 Å². The molecule has 2 atom stereocenters. The minimum atomic E-state index is -1.11. The molecule has 0 aliphatic carbocycles. The molecule has 0 aromatic heterocycles. The van der Waals surface area contributed by atoms with E-state index < -0.39 is 28.4 Å². The van der Waals surface area contributed by atoms with Gasteiger partial charge in [0.05, 0.1) is 10.5 Å². The summed E-state index contributed by atoms with van der Waals surface area (Å²) in [6.45, 7) is 1.60. The third-order valence-corrected chi connectivity index (χ3v) is 7.91. The van der Waals surface area contributed by atoms with Crippen LogP contribution in [0.3, 0.4) is 0 Å². The maximum Gasteiger partial charge on any atom is 0.326 e. The van der Waals surface area contributed by atoms with E-state index in [2.05, 4.69) is 5.32 Å². The first-order valence-corrected chi connectivity index (χ1v) is 13.0. The van der Waals surface area contributed by atoms with Crippen molar-refractivity contribution in [3.05, 3.63) is 71.8 Å². The van der Waals surface area contributed by atoms with E-state index in [1.807, 2.05) is 6.26 Å². The maximum atomic E-state index is 12.9. The van der Waals surface area contributed by atoms with Crippen molar-refractivity contribution in [2.45, 2.75) is 24.0 Å². The fourth-order valence-corrected chi connectivity index (χ4v) is 5.45. The predicted octanol–water partition coefficient (Wildman–Crippen LogP) is 4.42. The van der Waals surface area contributed by atoms with Gasteiger partial charge in [0.2, 0.25) is 16.1 Å². The standard InChI is InChI=1S/C23H25NO5S3/c1-15(19(25)24-18(20(26)27)13-14-30-2)23(31-21(28)16-9-5-3-6-10-16)32-22(29)17-11-7-4-8-12-17/h3-12,15,18,23H,13-14H2,1-2H3,(H,24,25)(H,26,27)/t15?,18-/m0/s1. The number of carbonyl (C=O) groups excluding carboxylic acids is 3. The molecule has 0 saturated carbocycles. The molecule has 2 aromatic rings. The van der Waals surface area contributed by atoms with E-state index in [0.29, 0.717) is 16.9 Å². The topological polar surface area (TPSA) is 101 Å². The molecule has 2 N–H and O–H groups in total. The molecule has 0 aliphatic heterocycles. The highest BCUT2D eigenvalue weighted by atomic mass is 32.2. The Bertz CT molecular complexity index is 870. The number of carbonyl (C=O) groups is 4. The van der Waals surface area contributed by atoms with Gasteiger partial charge in [-0.2, -0.15) is 11.8 Å². The predicted molar refractivity (Wildman–Crippen MR) is 132 cm³/mol. The third kappa shape index (κ3) is 8.03. The quantitative estimate of drug-likeness (QED) is 0.446. The Morgan fingerprint density at radius 2 is 1.34 bits per heavy atom. The fraction of sp³-hybridized carbons (Fsp3) is 0.304. The smallest absolute Gasteiger partial charge is 0.326 e. The molecule has 1 unspecified atom stereocenters. The van der Waals surface area contributed by atoms with Crippen LogP contribution in [0.15, 0.2) is 60.7 Å². The van der Waals surface area contributed by atoms with Crippen molar-refractivity contribution in [1.29, 1.82) is 0 Å². The number of rotatable bonds is 11. The number of aliphatic carboxylic acids is 1. The zero-order valence-corrected chi connectivity index (χ0v) is 20.2. The first-order valence-electron chi connectivity index (χ1n) is 9.87. The number of nitrogens with one attached hydrogen (secondary N) is 1. The van der Waals surface area contributed by atoms with Gasteiger partial charge < -0.3 is 10.4 Å². The lowest BCUT2D eigenvalue weighted by atomic mass is 10.1. The number of hydrogen-bond acceptors (Lipinski definition) is 7. The number of carboxylic acids is 1. The largest absolute Gasteiger partial charge is 0.480 e. The summed E-state index contributed by atoms with van der Waals surface area (Å²) in [7, 11) is 0. The average molecular weight is 492 g/mol. The molecule has 9 heteroatoms. The van der Waals surface area contributed by atoms with Crippen molar-refractivity contribution >= 4 is 57.4 Å². The van der Waals surface area contributed by atoms with Crippen LogP contribution < -0.4 is 5.32 Å². The molecule has 0 radical (unpaired) electrons. The van der Waals surface area contributed by atoms with Gasteiger partial charge in [-0.15, -0.1) is 0 Å². The Kier molecular flexibility index (Phi) is 10.9. The lowest BCUT2D eigenvalue weighted by Crippen LogP contribution is -2.45. The van der Waals surface area contributed by atoms with Crippen molar-refractivity contribution < 1.29 is 24.3 Å². The van der Waals surface area contributed by atoms with Gasteiger partial charge >= 0.3 is 5.97 Å². The van der Waals surface area contributed by atoms with Crippen LogP contribution in [0.5, 0.6) is 0 Å². The summed E-state index contributed by atoms with van der Waals surface area (Å²) < 4.78 is -0.731. The average Bonchev–Trinajstić information content (AvgIpc) is 2.81. The molecule has 2 rings (SSSR count). The van der Waals surface area contributed by atoms with E-state index in [-0.39, 0.29) is 16.7 Å². The molecule has 0 heterocycles. The number of benzene rings is 2. The summed E-state index contributed by atoms with van der Waals surface area (Å²) in [5, 5.41) is 11.4. The molecule has 0 bridgehead atoms. The highest BCUT2D eigenvalue weighted by Crippen LogP contribution is 2.35. The molecule has 1 amide bonds. The van der Waals surface area contributed by atoms with Crippen LogP contribution in [0.2, 0.25) is 0 Å². The first-order chi connectivity index (χ1) is 15.3. The van der Waals surface area contributed by atoms with Crippen LogP contribution in [0.1, 0.15) is 34.1 Å². The number of thioether (sulfide) groups is 3. The third-order valence-electron chi connectivity index (χ3n) is 4.51. The molecule has 0 aliphatic rings. The van der Waals surface area contributed by atoms with Gasteiger partial charge in [-0.3, -0.25) is 14.4 Å². The molecule has 32 heavy (non-hydrogen) atoms. The molecule has 0 fully saturated rings. The van der Waals surface area contributed by atoms with Crippen LogP contribution >= 0.6 is 35.3 Å². The second-order valence-corrected chi connectivity index (χ2v) is 10.4. The molecule has 0 spiro atoms. The Morgan fingerprint density at radius 3 is 1.75 bits per heavy atom. The summed E-state index contributed by atoms with van der Waals surface area (Å²) >= 11 is 3.29. The lowest BCUT2D eigenvalue weighted by Gasteiger charge is -2.23. The Balaban J connectivity index is 2.19. The summed E-state index contributed by atoms with van der Waals surface area (Å²) in [6, 6.07) is 16.2. The molecule has 6 nitrogen and oxygen atoms in total. The van der Waals surface area contributed by atoms with Gasteiger partial charge in [0.1, 0.15) is 6.04 Å². The van der Waals surface area contributed by atoms with E-state index in [0.717, 1.165) is 23.5 Å². The summed E-state index contributed by atoms with van der Waals surface area (Å²) in [5.41, 5.74) is 0.928.